The number of fused-ring (bicyclic) bond motifs is 1. The van der Waals surface area contributed by atoms with Gasteiger partial charge in [0.25, 0.3) is 5.91 Å². The van der Waals surface area contributed by atoms with Gasteiger partial charge in [0.1, 0.15) is 0 Å². The summed E-state index contributed by atoms with van der Waals surface area (Å²) in [5, 5.41) is 3.41. The smallest absolute Gasteiger partial charge is 0.250 e. The standard InChI is InChI=1S/C17H27N3O/c1-4-7-20-8-6-14-10-13(9-12(3)19-5-2)11-15(16(14)20)17(18)21/h10-12,19H,4-9H2,1-3H3,(H2,18,21). The molecule has 1 heterocycles. The first-order valence-electron chi connectivity index (χ1n) is 8.00. The summed E-state index contributed by atoms with van der Waals surface area (Å²) in [4.78, 5) is 14.2. The number of nitrogens with two attached hydrogens (primary N) is 1. The van der Waals surface area contributed by atoms with Crippen molar-refractivity contribution in [1.82, 2.24) is 5.32 Å². The van der Waals surface area contributed by atoms with E-state index in [0.717, 1.165) is 44.6 Å². The number of amides is 1. The molecule has 1 atom stereocenters. The highest BCUT2D eigenvalue weighted by Crippen LogP contribution is 2.33. The van der Waals surface area contributed by atoms with Crippen molar-refractivity contribution >= 4 is 11.6 Å². The van der Waals surface area contributed by atoms with Crippen LogP contribution in [0, 0.1) is 0 Å². The maximum Gasteiger partial charge on any atom is 0.250 e. The number of carbonyl (C=O) groups is 1. The number of nitrogens with zero attached hydrogens (tertiary/aromatic N) is 1. The van der Waals surface area contributed by atoms with Crippen LogP contribution in [0.5, 0.6) is 0 Å². The van der Waals surface area contributed by atoms with Crippen molar-refractivity contribution < 1.29 is 4.79 Å². The van der Waals surface area contributed by atoms with E-state index in [1.54, 1.807) is 0 Å². The maximum atomic E-state index is 11.9. The fourth-order valence-electron chi connectivity index (χ4n) is 3.27. The normalized spacial score (nSPS) is 15.1. The Kier molecular flexibility index (Phi) is 5.23. The minimum absolute atomic E-state index is 0.313. The van der Waals surface area contributed by atoms with Crippen molar-refractivity contribution in [2.45, 2.75) is 46.1 Å². The summed E-state index contributed by atoms with van der Waals surface area (Å²) in [5.74, 6) is -0.313. The zero-order valence-corrected chi connectivity index (χ0v) is 13.4. The Hall–Kier alpha value is -1.55. The van der Waals surface area contributed by atoms with Crippen molar-refractivity contribution in [3.63, 3.8) is 0 Å². The first kappa shape index (κ1) is 15.8. The predicted molar refractivity (Wildman–Crippen MR) is 88.0 cm³/mol. The molecule has 0 fully saturated rings. The van der Waals surface area contributed by atoms with Crippen molar-refractivity contribution in [2.24, 2.45) is 5.73 Å². The molecule has 116 valence electrons. The molecule has 2 rings (SSSR count). The number of anilines is 1. The molecule has 1 aliphatic heterocycles. The Balaban J connectivity index is 2.32. The van der Waals surface area contributed by atoms with Crippen LogP contribution in [0.15, 0.2) is 12.1 Å². The van der Waals surface area contributed by atoms with Crippen LogP contribution in [0.25, 0.3) is 0 Å². The van der Waals surface area contributed by atoms with Crippen LogP contribution in [0.1, 0.15) is 48.7 Å². The third-order valence-corrected chi connectivity index (χ3v) is 4.07. The minimum atomic E-state index is -0.313. The Morgan fingerprint density at radius 2 is 2.19 bits per heavy atom. The third-order valence-electron chi connectivity index (χ3n) is 4.07. The molecule has 0 saturated carbocycles. The van der Waals surface area contributed by atoms with Gasteiger partial charge in [-0.05, 0) is 49.9 Å². The summed E-state index contributed by atoms with van der Waals surface area (Å²) in [6, 6.07) is 4.65. The molecule has 4 heteroatoms. The second kappa shape index (κ2) is 6.94. The van der Waals surface area contributed by atoms with Crippen molar-refractivity contribution in [3.05, 3.63) is 28.8 Å². The predicted octanol–water partition coefficient (Wildman–Crippen LogP) is 2.10. The molecule has 21 heavy (non-hydrogen) atoms. The Morgan fingerprint density at radius 1 is 1.43 bits per heavy atom. The summed E-state index contributed by atoms with van der Waals surface area (Å²) in [5.41, 5.74) is 9.87. The SMILES string of the molecule is CCCN1CCc2cc(CC(C)NCC)cc(C(N)=O)c21. The van der Waals surface area contributed by atoms with E-state index < -0.39 is 0 Å². The van der Waals surface area contributed by atoms with Gasteiger partial charge in [0.05, 0.1) is 11.3 Å². The lowest BCUT2D eigenvalue weighted by atomic mass is 9.98. The van der Waals surface area contributed by atoms with Crippen LogP contribution in [0.4, 0.5) is 5.69 Å². The third kappa shape index (κ3) is 3.56. The van der Waals surface area contributed by atoms with E-state index in [9.17, 15) is 4.79 Å². The molecule has 0 radical (unpaired) electrons. The molecule has 1 aliphatic rings. The molecule has 1 amide bonds. The Labute approximate surface area is 127 Å². The molecule has 0 saturated heterocycles. The summed E-state index contributed by atoms with van der Waals surface area (Å²) in [7, 11) is 0. The second-order valence-corrected chi connectivity index (χ2v) is 5.92. The van der Waals surface area contributed by atoms with Crippen LogP contribution in [-0.2, 0) is 12.8 Å². The largest absolute Gasteiger partial charge is 0.370 e. The molecule has 3 N–H and O–H groups in total. The summed E-state index contributed by atoms with van der Waals surface area (Å²) >= 11 is 0. The molecular formula is C17H27N3O. The van der Waals surface area contributed by atoms with Crippen molar-refractivity contribution in [1.29, 1.82) is 0 Å². The molecule has 0 bridgehead atoms. The molecule has 0 spiro atoms. The molecular weight excluding hydrogens is 262 g/mol. The molecule has 0 aromatic heterocycles. The topological polar surface area (TPSA) is 58.4 Å². The number of nitrogens with one attached hydrogen (secondary N) is 1. The highest BCUT2D eigenvalue weighted by Gasteiger charge is 2.25. The molecule has 0 aliphatic carbocycles. The Morgan fingerprint density at radius 3 is 2.81 bits per heavy atom. The zero-order valence-electron chi connectivity index (χ0n) is 13.4. The van der Waals surface area contributed by atoms with E-state index in [0.29, 0.717) is 11.6 Å². The van der Waals surface area contributed by atoms with E-state index in [2.05, 4.69) is 37.1 Å². The monoisotopic (exact) mass is 289 g/mol. The van der Waals surface area contributed by atoms with Crippen LogP contribution < -0.4 is 16.0 Å². The van der Waals surface area contributed by atoms with Crippen LogP contribution in [0.2, 0.25) is 0 Å². The van der Waals surface area contributed by atoms with E-state index in [4.69, 9.17) is 5.73 Å². The van der Waals surface area contributed by atoms with E-state index in [-0.39, 0.29) is 5.91 Å². The number of rotatable bonds is 7. The molecule has 1 aromatic carbocycles. The quantitative estimate of drug-likeness (QED) is 0.808. The van der Waals surface area contributed by atoms with E-state index in [1.807, 2.05) is 6.07 Å². The fourth-order valence-corrected chi connectivity index (χ4v) is 3.27. The first-order chi connectivity index (χ1) is 10.1. The number of hydrogen-bond donors (Lipinski definition) is 2. The molecule has 1 aromatic rings. The van der Waals surface area contributed by atoms with Crippen LogP contribution in [-0.4, -0.2) is 31.6 Å². The number of hydrogen-bond acceptors (Lipinski definition) is 3. The van der Waals surface area contributed by atoms with Gasteiger partial charge in [-0.25, -0.2) is 0 Å². The molecule has 4 nitrogen and oxygen atoms in total. The average molecular weight is 289 g/mol. The van der Waals surface area contributed by atoms with Crippen molar-refractivity contribution in [2.75, 3.05) is 24.5 Å². The highest BCUT2D eigenvalue weighted by molar-refractivity contribution is 6.00. The van der Waals surface area contributed by atoms with Gasteiger partial charge in [-0.1, -0.05) is 19.9 Å². The first-order valence-corrected chi connectivity index (χ1v) is 8.00. The van der Waals surface area contributed by atoms with Gasteiger partial charge in [0, 0.05) is 19.1 Å². The van der Waals surface area contributed by atoms with Gasteiger partial charge < -0.3 is 16.0 Å². The van der Waals surface area contributed by atoms with Gasteiger partial charge >= 0.3 is 0 Å². The average Bonchev–Trinajstić information content (AvgIpc) is 2.81. The lowest BCUT2D eigenvalue weighted by Gasteiger charge is -2.21. The number of likely N-dealkylation sites (N-methyl/N-ethyl adjacent to an activating group) is 1. The highest BCUT2D eigenvalue weighted by atomic mass is 16.1. The Bertz CT molecular complexity index is 513. The summed E-state index contributed by atoms with van der Waals surface area (Å²) < 4.78 is 0. The van der Waals surface area contributed by atoms with Gasteiger partial charge in [-0.15, -0.1) is 0 Å². The van der Waals surface area contributed by atoms with Crippen molar-refractivity contribution in [3.8, 4) is 0 Å². The van der Waals surface area contributed by atoms with Crippen LogP contribution in [0.3, 0.4) is 0 Å². The van der Waals surface area contributed by atoms with Crippen LogP contribution >= 0.6 is 0 Å². The van der Waals surface area contributed by atoms with E-state index in [1.165, 1.54) is 11.1 Å². The minimum Gasteiger partial charge on any atom is -0.370 e. The fraction of sp³-hybridized carbons (Fsp3) is 0.588. The second-order valence-electron chi connectivity index (χ2n) is 5.92. The van der Waals surface area contributed by atoms with Gasteiger partial charge in [0.2, 0.25) is 0 Å². The number of carbonyl (C=O) groups excluding carboxylic acids is 1. The van der Waals surface area contributed by atoms with Gasteiger partial charge in [-0.3, -0.25) is 4.79 Å². The van der Waals surface area contributed by atoms with Gasteiger partial charge in [0.15, 0.2) is 0 Å². The van der Waals surface area contributed by atoms with Gasteiger partial charge in [-0.2, -0.15) is 0 Å². The lowest BCUT2D eigenvalue weighted by Crippen LogP contribution is -2.28. The lowest BCUT2D eigenvalue weighted by molar-refractivity contribution is 0.100. The molecule has 1 unspecified atom stereocenters. The van der Waals surface area contributed by atoms with E-state index >= 15 is 0 Å². The maximum absolute atomic E-state index is 11.9. The number of primary amides is 1. The zero-order chi connectivity index (χ0) is 15.4. The number of benzene rings is 1. The summed E-state index contributed by atoms with van der Waals surface area (Å²) in [6.07, 6.45) is 3.02. The summed E-state index contributed by atoms with van der Waals surface area (Å²) in [6.45, 7) is 9.38.